The molecule has 1 fully saturated rings. The third kappa shape index (κ3) is 4.23. The predicted molar refractivity (Wildman–Crippen MR) is 97.2 cm³/mol. The summed E-state index contributed by atoms with van der Waals surface area (Å²) in [6.45, 7) is 1.02. The van der Waals surface area contributed by atoms with Crippen LogP contribution in [0.1, 0.15) is 37.9 Å². The highest BCUT2D eigenvalue weighted by molar-refractivity contribution is 5.83. The van der Waals surface area contributed by atoms with Crippen LogP contribution in [-0.2, 0) is 6.54 Å². The summed E-state index contributed by atoms with van der Waals surface area (Å²) >= 11 is 0. The number of nitrogens with zero attached hydrogens (tertiary/aromatic N) is 2. The summed E-state index contributed by atoms with van der Waals surface area (Å²) < 4.78 is 5.25. The van der Waals surface area contributed by atoms with E-state index < -0.39 is 10.6 Å². The summed E-state index contributed by atoms with van der Waals surface area (Å²) in [5, 5.41) is 17.3. The lowest BCUT2D eigenvalue weighted by atomic mass is 9.77. The number of nitrogens with one attached hydrogen (secondary N) is 2. The van der Waals surface area contributed by atoms with Crippen molar-refractivity contribution in [2.24, 2.45) is 28.3 Å². The highest BCUT2D eigenvalue weighted by Gasteiger charge is 2.44. The van der Waals surface area contributed by atoms with Crippen molar-refractivity contribution in [2.45, 2.75) is 44.3 Å². The molecule has 1 atom stereocenters. The van der Waals surface area contributed by atoms with Crippen LogP contribution in [0.4, 0.5) is 0 Å². The van der Waals surface area contributed by atoms with Gasteiger partial charge in [-0.15, -0.1) is 0 Å². The van der Waals surface area contributed by atoms with Crippen LogP contribution in [-0.4, -0.2) is 23.1 Å². The molecule has 9 nitrogen and oxygen atoms in total. The van der Waals surface area contributed by atoms with Gasteiger partial charge in [0.25, 0.3) is 0 Å². The van der Waals surface area contributed by atoms with Crippen molar-refractivity contribution in [3.05, 3.63) is 46.2 Å². The molecule has 6 N–H and O–H groups in total. The molecule has 2 heterocycles. The SMILES string of the molecule is NCC1CCC(CC2(N)NC(=NCc3ccco3)NC=C2[N+](=O)[O-])CC1. The Balaban J connectivity index is 1.71. The van der Waals surface area contributed by atoms with Crippen LogP contribution in [0.25, 0.3) is 0 Å². The number of guanidine groups is 1. The monoisotopic (exact) mass is 362 g/mol. The third-order valence-electron chi connectivity index (χ3n) is 5.22. The summed E-state index contributed by atoms with van der Waals surface area (Å²) in [5.41, 5.74) is 10.9. The lowest BCUT2D eigenvalue weighted by molar-refractivity contribution is -0.437. The maximum absolute atomic E-state index is 11.5. The Labute approximate surface area is 152 Å². The summed E-state index contributed by atoms with van der Waals surface area (Å²) in [7, 11) is 0. The Bertz CT molecular complexity index is 679. The fourth-order valence-electron chi connectivity index (χ4n) is 3.72. The van der Waals surface area contributed by atoms with Crippen molar-refractivity contribution in [2.75, 3.05) is 6.54 Å². The number of hydrogen-bond donors (Lipinski definition) is 4. The Morgan fingerprint density at radius 3 is 2.69 bits per heavy atom. The van der Waals surface area contributed by atoms with E-state index in [2.05, 4.69) is 15.6 Å². The third-order valence-corrected chi connectivity index (χ3v) is 5.22. The van der Waals surface area contributed by atoms with Gasteiger partial charge >= 0.3 is 5.70 Å². The number of rotatable bonds is 6. The van der Waals surface area contributed by atoms with Crippen LogP contribution >= 0.6 is 0 Å². The minimum atomic E-state index is -1.25. The van der Waals surface area contributed by atoms with Crippen LogP contribution in [0.2, 0.25) is 0 Å². The Hall–Kier alpha value is -2.39. The molecule has 0 aromatic carbocycles. The second-order valence-electron chi connectivity index (χ2n) is 7.10. The molecule has 1 aliphatic carbocycles. The van der Waals surface area contributed by atoms with Gasteiger partial charge in [-0.3, -0.25) is 15.8 Å². The van der Waals surface area contributed by atoms with Gasteiger partial charge in [0.1, 0.15) is 12.3 Å². The Kier molecular flexibility index (Phi) is 5.58. The summed E-state index contributed by atoms with van der Waals surface area (Å²) in [6.07, 6.45) is 7.47. The number of hydrogen-bond acceptors (Lipinski definition) is 6. The Morgan fingerprint density at radius 2 is 2.08 bits per heavy atom. The molecule has 0 saturated heterocycles. The first kappa shape index (κ1) is 18.4. The highest BCUT2D eigenvalue weighted by Crippen LogP contribution is 2.34. The molecule has 1 aliphatic heterocycles. The molecule has 1 unspecified atom stereocenters. The molecule has 0 amide bonds. The molecule has 142 valence electrons. The second kappa shape index (κ2) is 7.88. The van der Waals surface area contributed by atoms with Crippen molar-refractivity contribution in [1.82, 2.24) is 10.6 Å². The standard InChI is InChI=1S/C17H26N6O3/c18-9-13-5-3-12(4-6-13)8-17(19)15(23(24)25)11-21-16(22-17)20-10-14-2-1-7-26-14/h1-2,7,11-13H,3-6,8-10,18-19H2,(H2,20,21,22). The Morgan fingerprint density at radius 1 is 1.35 bits per heavy atom. The van der Waals surface area contributed by atoms with Crippen LogP contribution in [0.3, 0.4) is 0 Å². The van der Waals surface area contributed by atoms with Crippen molar-refractivity contribution >= 4 is 5.96 Å². The van der Waals surface area contributed by atoms with E-state index in [-0.39, 0.29) is 5.70 Å². The summed E-state index contributed by atoms with van der Waals surface area (Å²) in [4.78, 5) is 15.4. The smallest absolute Gasteiger partial charge is 0.301 e. The normalized spacial score (nSPS) is 30.4. The van der Waals surface area contributed by atoms with E-state index >= 15 is 0 Å². The van der Waals surface area contributed by atoms with E-state index in [1.807, 2.05) is 6.07 Å². The van der Waals surface area contributed by atoms with Gasteiger partial charge in [-0.1, -0.05) is 0 Å². The summed E-state index contributed by atoms with van der Waals surface area (Å²) in [6, 6.07) is 3.60. The van der Waals surface area contributed by atoms with Gasteiger partial charge < -0.3 is 20.8 Å². The molecule has 1 aromatic rings. The first-order valence-corrected chi connectivity index (χ1v) is 8.95. The van der Waals surface area contributed by atoms with Gasteiger partial charge in [0.15, 0.2) is 11.6 Å². The zero-order valence-electron chi connectivity index (χ0n) is 14.7. The molecule has 1 saturated carbocycles. The van der Waals surface area contributed by atoms with Gasteiger partial charge in [-0.05, 0) is 62.6 Å². The first-order valence-electron chi connectivity index (χ1n) is 8.95. The second-order valence-corrected chi connectivity index (χ2v) is 7.10. The van der Waals surface area contributed by atoms with E-state index in [0.717, 1.165) is 25.7 Å². The van der Waals surface area contributed by atoms with Crippen LogP contribution in [0, 0.1) is 22.0 Å². The van der Waals surface area contributed by atoms with E-state index in [1.54, 1.807) is 12.3 Å². The zero-order valence-corrected chi connectivity index (χ0v) is 14.7. The van der Waals surface area contributed by atoms with Gasteiger partial charge in [-0.25, -0.2) is 4.99 Å². The molecule has 0 spiro atoms. The van der Waals surface area contributed by atoms with Gasteiger partial charge in [0, 0.05) is 0 Å². The first-order chi connectivity index (χ1) is 12.5. The van der Waals surface area contributed by atoms with Crippen LogP contribution in [0.15, 0.2) is 39.7 Å². The van der Waals surface area contributed by atoms with E-state index in [1.165, 1.54) is 6.20 Å². The molecule has 9 heteroatoms. The molecule has 3 rings (SSSR count). The van der Waals surface area contributed by atoms with E-state index in [9.17, 15) is 10.1 Å². The van der Waals surface area contributed by atoms with Gasteiger partial charge in [-0.2, -0.15) is 0 Å². The number of nitro groups is 1. The lowest BCUT2D eigenvalue weighted by Crippen LogP contribution is -2.64. The predicted octanol–water partition coefficient (Wildman–Crippen LogP) is 1.26. The van der Waals surface area contributed by atoms with Gasteiger partial charge in [0.05, 0.1) is 17.4 Å². The molecule has 26 heavy (non-hydrogen) atoms. The number of aliphatic imine (C=N–C) groups is 1. The van der Waals surface area contributed by atoms with E-state index in [0.29, 0.717) is 43.1 Å². The maximum atomic E-state index is 11.5. The quantitative estimate of drug-likeness (QED) is 0.440. The molecular weight excluding hydrogens is 336 g/mol. The number of furan rings is 1. The largest absolute Gasteiger partial charge is 0.467 e. The van der Waals surface area contributed by atoms with Crippen molar-refractivity contribution < 1.29 is 9.34 Å². The molecule has 0 bridgehead atoms. The zero-order chi connectivity index (χ0) is 18.6. The van der Waals surface area contributed by atoms with E-state index in [4.69, 9.17) is 15.9 Å². The fraction of sp³-hybridized carbons (Fsp3) is 0.588. The maximum Gasteiger partial charge on any atom is 0.301 e. The average molecular weight is 362 g/mol. The lowest BCUT2D eigenvalue weighted by Gasteiger charge is -2.37. The molecular formula is C17H26N6O3. The number of nitrogens with two attached hydrogens (primary N) is 2. The van der Waals surface area contributed by atoms with Crippen molar-refractivity contribution in [3.63, 3.8) is 0 Å². The molecule has 2 aliphatic rings. The molecule has 0 radical (unpaired) electrons. The minimum Gasteiger partial charge on any atom is -0.467 e. The summed E-state index contributed by atoms with van der Waals surface area (Å²) in [5.74, 6) is 1.98. The minimum absolute atomic E-state index is 0.0737. The average Bonchev–Trinajstić information content (AvgIpc) is 3.13. The van der Waals surface area contributed by atoms with Crippen molar-refractivity contribution in [1.29, 1.82) is 0 Å². The van der Waals surface area contributed by atoms with Crippen LogP contribution < -0.4 is 22.1 Å². The van der Waals surface area contributed by atoms with Crippen molar-refractivity contribution in [3.8, 4) is 0 Å². The van der Waals surface area contributed by atoms with Gasteiger partial charge in [0.2, 0.25) is 0 Å². The topological polar surface area (TPSA) is 145 Å². The molecule has 1 aromatic heterocycles. The fourth-order valence-corrected chi connectivity index (χ4v) is 3.72. The highest BCUT2D eigenvalue weighted by atomic mass is 16.6. The van der Waals surface area contributed by atoms with Crippen LogP contribution in [0.5, 0.6) is 0 Å².